The fraction of sp³-hybridized carbons (Fsp3) is 0.714. The standard InChI is InChI=1S/C28H40N10O3/c1-15-9-11-18(12-10-15)14-38-22-23(29-16(2)19-6-4-7-19)30-25(26-33-28(39)40-36-26)31-24(22)32-27(38)37-13-5-8-20(37)21-17(3)34-41-35-21/h15-16,18-20,26,36H,4-14H2,1-3H3,(H,33,39)(H,29,30,31)/t15?,16-,18?,20?,26?/m1/s1. The highest BCUT2D eigenvalue weighted by Crippen LogP contribution is 2.40. The molecule has 3 atom stereocenters. The number of hydroxylamine groups is 1. The van der Waals surface area contributed by atoms with E-state index < -0.39 is 12.3 Å². The second kappa shape index (κ2) is 10.7. The fourth-order valence-corrected chi connectivity index (χ4v) is 6.94. The number of aryl methyl sites for hydroxylation is 1. The minimum absolute atomic E-state index is 0.0325. The average Bonchev–Trinajstić information content (AvgIpc) is 3.71. The molecular weight excluding hydrogens is 524 g/mol. The minimum Gasteiger partial charge on any atom is -0.365 e. The van der Waals surface area contributed by atoms with Crippen molar-refractivity contribution in [1.29, 1.82) is 0 Å². The lowest BCUT2D eigenvalue weighted by Gasteiger charge is -2.33. The zero-order chi connectivity index (χ0) is 28.1. The number of anilines is 2. The van der Waals surface area contributed by atoms with Crippen LogP contribution in [-0.2, 0) is 11.4 Å². The second-order valence-corrected chi connectivity index (χ2v) is 12.5. The molecule has 220 valence electrons. The summed E-state index contributed by atoms with van der Waals surface area (Å²) in [6, 6.07) is 0.285. The van der Waals surface area contributed by atoms with Crippen molar-refractivity contribution in [2.24, 2.45) is 17.8 Å². The number of rotatable bonds is 8. The van der Waals surface area contributed by atoms with Crippen molar-refractivity contribution in [1.82, 2.24) is 40.6 Å². The Hall–Kier alpha value is -3.48. The molecule has 4 aliphatic rings. The van der Waals surface area contributed by atoms with Crippen LogP contribution in [0.1, 0.15) is 101 Å². The number of hydrogen-bond donors (Lipinski definition) is 3. The Kier molecular flexibility index (Phi) is 6.92. The van der Waals surface area contributed by atoms with Crippen LogP contribution < -0.4 is 21.0 Å². The molecule has 0 spiro atoms. The predicted octanol–water partition coefficient (Wildman–Crippen LogP) is 4.53. The van der Waals surface area contributed by atoms with E-state index in [9.17, 15) is 4.79 Å². The van der Waals surface area contributed by atoms with Crippen LogP contribution in [0.2, 0.25) is 0 Å². The number of amides is 1. The molecule has 2 aliphatic heterocycles. The van der Waals surface area contributed by atoms with Gasteiger partial charge in [-0.3, -0.25) is 5.32 Å². The van der Waals surface area contributed by atoms with Crippen molar-refractivity contribution >= 4 is 29.0 Å². The molecule has 3 aromatic heterocycles. The quantitative estimate of drug-likeness (QED) is 0.354. The maximum absolute atomic E-state index is 11.8. The molecule has 0 aromatic carbocycles. The number of aromatic nitrogens is 6. The summed E-state index contributed by atoms with van der Waals surface area (Å²) in [6.07, 6.45) is 9.38. The Morgan fingerprint density at radius 1 is 1.05 bits per heavy atom. The third-order valence-electron chi connectivity index (χ3n) is 9.70. The number of fused-ring (bicyclic) bond motifs is 1. The Morgan fingerprint density at radius 2 is 1.88 bits per heavy atom. The normalized spacial score (nSPS) is 27.6. The van der Waals surface area contributed by atoms with Gasteiger partial charge in [-0.2, -0.15) is 4.98 Å². The second-order valence-electron chi connectivity index (χ2n) is 12.5. The van der Waals surface area contributed by atoms with Crippen molar-refractivity contribution in [2.75, 3.05) is 16.8 Å². The van der Waals surface area contributed by atoms with E-state index in [0.29, 0.717) is 23.3 Å². The number of nitrogens with zero attached hydrogens (tertiary/aromatic N) is 7. The van der Waals surface area contributed by atoms with E-state index in [0.717, 1.165) is 60.5 Å². The highest BCUT2D eigenvalue weighted by molar-refractivity contribution is 5.86. The van der Waals surface area contributed by atoms with Gasteiger partial charge in [0.25, 0.3) is 0 Å². The first kappa shape index (κ1) is 26.4. The van der Waals surface area contributed by atoms with Crippen LogP contribution in [0.4, 0.5) is 16.6 Å². The monoisotopic (exact) mass is 564 g/mol. The first-order valence-corrected chi connectivity index (χ1v) is 15.3. The molecule has 13 heteroatoms. The maximum Gasteiger partial charge on any atom is 0.427 e. The average molecular weight is 565 g/mol. The van der Waals surface area contributed by atoms with Gasteiger partial charge in [0, 0.05) is 19.1 Å². The first-order valence-electron chi connectivity index (χ1n) is 15.3. The van der Waals surface area contributed by atoms with Gasteiger partial charge in [0.15, 0.2) is 23.5 Å². The summed E-state index contributed by atoms with van der Waals surface area (Å²) in [6.45, 7) is 8.25. The summed E-state index contributed by atoms with van der Waals surface area (Å²) in [5, 5.41) is 14.8. The Balaban J connectivity index is 1.35. The van der Waals surface area contributed by atoms with E-state index in [1.54, 1.807) is 0 Å². The molecule has 3 N–H and O–H groups in total. The van der Waals surface area contributed by atoms with Crippen LogP contribution in [0.15, 0.2) is 4.63 Å². The van der Waals surface area contributed by atoms with Gasteiger partial charge in [-0.25, -0.2) is 19.4 Å². The summed E-state index contributed by atoms with van der Waals surface area (Å²) < 4.78 is 7.46. The Morgan fingerprint density at radius 3 is 2.56 bits per heavy atom. The maximum atomic E-state index is 11.8. The molecule has 2 saturated carbocycles. The van der Waals surface area contributed by atoms with E-state index in [4.69, 9.17) is 24.4 Å². The van der Waals surface area contributed by atoms with Gasteiger partial charge >= 0.3 is 6.09 Å². The molecule has 2 saturated heterocycles. The molecular formula is C28H40N10O3. The smallest absolute Gasteiger partial charge is 0.365 e. The third kappa shape index (κ3) is 4.98. The highest BCUT2D eigenvalue weighted by atomic mass is 16.7. The molecule has 5 heterocycles. The van der Waals surface area contributed by atoms with Gasteiger partial charge in [-0.15, -0.1) is 5.48 Å². The molecule has 2 aliphatic carbocycles. The van der Waals surface area contributed by atoms with Crippen LogP contribution in [0.5, 0.6) is 0 Å². The van der Waals surface area contributed by atoms with Gasteiger partial charge in [0.1, 0.15) is 16.9 Å². The zero-order valence-electron chi connectivity index (χ0n) is 24.1. The fourth-order valence-electron chi connectivity index (χ4n) is 6.94. The summed E-state index contributed by atoms with van der Waals surface area (Å²) in [5.74, 6) is 4.00. The van der Waals surface area contributed by atoms with Crippen LogP contribution >= 0.6 is 0 Å². The molecule has 4 fully saturated rings. The predicted molar refractivity (Wildman–Crippen MR) is 151 cm³/mol. The van der Waals surface area contributed by atoms with E-state index >= 15 is 0 Å². The molecule has 41 heavy (non-hydrogen) atoms. The Labute approximate surface area is 239 Å². The molecule has 13 nitrogen and oxygen atoms in total. The SMILES string of the molecule is Cc1nonc1C1CCCN1c1nc2nc(C3NOC(=O)N3)nc(N[C@H](C)C3CCC3)c2n1CC1CCC(C)CC1. The largest absolute Gasteiger partial charge is 0.427 e. The summed E-state index contributed by atoms with van der Waals surface area (Å²) in [4.78, 5) is 34.2. The van der Waals surface area contributed by atoms with Crippen LogP contribution in [-0.4, -0.2) is 48.5 Å². The lowest BCUT2D eigenvalue weighted by molar-refractivity contribution is 0.120. The first-order chi connectivity index (χ1) is 19.9. The van der Waals surface area contributed by atoms with Crippen molar-refractivity contribution in [3.63, 3.8) is 0 Å². The molecule has 2 unspecified atom stereocenters. The van der Waals surface area contributed by atoms with Crippen molar-refractivity contribution in [3.05, 3.63) is 17.2 Å². The van der Waals surface area contributed by atoms with Crippen molar-refractivity contribution in [2.45, 2.75) is 103 Å². The third-order valence-corrected chi connectivity index (χ3v) is 9.70. The van der Waals surface area contributed by atoms with E-state index in [1.165, 1.54) is 44.9 Å². The van der Waals surface area contributed by atoms with Gasteiger partial charge < -0.3 is 19.6 Å². The van der Waals surface area contributed by atoms with Crippen LogP contribution in [0.25, 0.3) is 11.2 Å². The lowest BCUT2D eigenvalue weighted by Crippen LogP contribution is -2.32. The minimum atomic E-state index is -0.650. The molecule has 1 amide bonds. The molecule has 0 bridgehead atoms. The number of nitrogens with one attached hydrogen (secondary N) is 3. The van der Waals surface area contributed by atoms with E-state index in [-0.39, 0.29) is 12.1 Å². The van der Waals surface area contributed by atoms with Crippen LogP contribution in [0.3, 0.4) is 0 Å². The number of carbonyl (C=O) groups is 1. The van der Waals surface area contributed by atoms with Crippen molar-refractivity contribution < 1.29 is 14.3 Å². The highest BCUT2D eigenvalue weighted by Gasteiger charge is 2.36. The summed E-state index contributed by atoms with van der Waals surface area (Å²) in [5.41, 5.74) is 5.91. The van der Waals surface area contributed by atoms with Gasteiger partial charge in [0.2, 0.25) is 5.95 Å². The van der Waals surface area contributed by atoms with Crippen LogP contribution in [0, 0.1) is 24.7 Å². The molecule has 0 radical (unpaired) electrons. The number of carbonyl (C=O) groups excluding carboxylic acids is 1. The summed E-state index contributed by atoms with van der Waals surface area (Å²) >= 11 is 0. The number of hydrogen-bond acceptors (Lipinski definition) is 11. The van der Waals surface area contributed by atoms with E-state index in [1.807, 2.05) is 6.92 Å². The van der Waals surface area contributed by atoms with Gasteiger partial charge in [0.05, 0.1) is 6.04 Å². The Bertz CT molecular complexity index is 1410. The van der Waals surface area contributed by atoms with Gasteiger partial charge in [-0.1, -0.05) is 36.5 Å². The van der Waals surface area contributed by atoms with Crippen molar-refractivity contribution in [3.8, 4) is 0 Å². The zero-order valence-corrected chi connectivity index (χ0v) is 24.1. The topological polar surface area (TPSA) is 148 Å². The molecule has 7 rings (SSSR count). The van der Waals surface area contributed by atoms with E-state index in [2.05, 4.69) is 49.7 Å². The van der Waals surface area contributed by atoms with Gasteiger partial charge in [-0.05, 0) is 70.1 Å². The number of imidazole rings is 1. The summed E-state index contributed by atoms with van der Waals surface area (Å²) in [7, 11) is 0. The molecule has 3 aromatic rings. The lowest BCUT2D eigenvalue weighted by atomic mass is 9.80.